The Morgan fingerprint density at radius 2 is 2.09 bits per heavy atom. The first-order chi connectivity index (χ1) is 16.6. The number of carbonyl (C=O) groups excluding carboxylic acids is 2. The van der Waals surface area contributed by atoms with E-state index in [1.807, 2.05) is 11.8 Å². The van der Waals surface area contributed by atoms with Crippen molar-refractivity contribution >= 4 is 29.5 Å². The molecule has 4 N–H and O–H groups in total. The number of carbonyl (C=O) groups is 3. The van der Waals surface area contributed by atoms with Crippen LogP contribution in [0, 0.1) is 17.8 Å². The van der Waals surface area contributed by atoms with Gasteiger partial charge in [-0.25, -0.2) is 4.79 Å². The van der Waals surface area contributed by atoms with Crippen molar-refractivity contribution in [2.24, 2.45) is 17.8 Å². The topological polar surface area (TPSA) is 125 Å². The lowest BCUT2D eigenvalue weighted by molar-refractivity contribution is -0.163. The Bertz CT molecular complexity index is 880. The fourth-order valence-electron chi connectivity index (χ4n) is 5.87. The molecular weight excluding hydrogens is 470 g/mol. The van der Waals surface area contributed by atoms with E-state index in [0.717, 1.165) is 39.1 Å². The van der Waals surface area contributed by atoms with Crippen LogP contribution in [0.15, 0.2) is 10.6 Å². The van der Waals surface area contributed by atoms with Gasteiger partial charge in [-0.15, -0.1) is 11.8 Å². The molecule has 4 heterocycles. The van der Waals surface area contributed by atoms with Crippen molar-refractivity contribution in [2.75, 3.05) is 53.4 Å². The molecule has 0 unspecified atom stereocenters. The summed E-state index contributed by atoms with van der Waals surface area (Å²) < 4.78 is 0. The zero-order valence-electron chi connectivity index (χ0n) is 21.1. The quantitative estimate of drug-likeness (QED) is 0.230. The van der Waals surface area contributed by atoms with Crippen LogP contribution < -0.4 is 10.6 Å². The van der Waals surface area contributed by atoms with Gasteiger partial charge in [0.25, 0.3) is 0 Å². The molecular formula is C24H39N5O5S. The molecule has 3 fully saturated rings. The fraction of sp³-hybridized carbons (Fsp3) is 0.792. The number of β-lactam (4-membered cyclic amide) rings is 1. The molecule has 0 aliphatic carbocycles. The molecule has 7 atom stereocenters. The van der Waals surface area contributed by atoms with E-state index in [2.05, 4.69) is 29.6 Å². The summed E-state index contributed by atoms with van der Waals surface area (Å²) in [5.74, 6) is -1.54. The third-order valence-electron chi connectivity index (χ3n) is 7.76. The lowest BCUT2D eigenvalue weighted by atomic mass is 9.79. The lowest BCUT2D eigenvalue weighted by Crippen LogP contribution is -2.63. The Kier molecular flexibility index (Phi) is 8.12. The van der Waals surface area contributed by atoms with Gasteiger partial charge in [-0.3, -0.25) is 9.59 Å². The number of aliphatic carboxylic acids is 1. The SMILES string of the molecule is C[C@@H](O)[C@H]1C(=O)N2C(C(=O)O)=C(S[C@@H]3CN[C@H](C(=O)N4CC[C@H](CNCCN(C)C)C4)C3)[C@H](C)[C@H]12. The van der Waals surface area contributed by atoms with E-state index < -0.39 is 18.0 Å². The summed E-state index contributed by atoms with van der Waals surface area (Å²) in [6.07, 6.45) is 0.828. The first-order valence-electron chi connectivity index (χ1n) is 12.6. The maximum Gasteiger partial charge on any atom is 0.353 e. The van der Waals surface area contributed by atoms with E-state index in [0.29, 0.717) is 23.8 Å². The molecule has 4 aliphatic rings. The predicted octanol–water partition coefficient (Wildman–Crippen LogP) is -0.396. The number of likely N-dealkylation sites (tertiary alicyclic amines) is 1. The highest BCUT2D eigenvalue weighted by Crippen LogP contribution is 2.51. The van der Waals surface area contributed by atoms with Gasteiger partial charge in [0, 0.05) is 48.8 Å². The van der Waals surface area contributed by atoms with Crippen LogP contribution in [-0.2, 0) is 14.4 Å². The van der Waals surface area contributed by atoms with Crippen molar-refractivity contribution in [3.05, 3.63) is 10.6 Å². The third-order valence-corrected chi connectivity index (χ3v) is 9.27. The Morgan fingerprint density at radius 3 is 2.74 bits per heavy atom. The van der Waals surface area contributed by atoms with Gasteiger partial charge in [0.05, 0.1) is 24.1 Å². The highest BCUT2D eigenvalue weighted by atomic mass is 32.2. The Morgan fingerprint density at radius 1 is 1.34 bits per heavy atom. The van der Waals surface area contributed by atoms with Crippen LogP contribution in [0.4, 0.5) is 0 Å². The van der Waals surface area contributed by atoms with Crippen LogP contribution in [0.25, 0.3) is 0 Å². The fourth-order valence-corrected chi connectivity index (χ4v) is 7.35. The van der Waals surface area contributed by atoms with Crippen LogP contribution in [-0.4, -0.2) is 119 Å². The second-order valence-corrected chi connectivity index (χ2v) is 12.0. The number of amides is 2. The van der Waals surface area contributed by atoms with Gasteiger partial charge in [-0.05, 0) is 46.3 Å². The maximum absolute atomic E-state index is 13.1. The number of likely N-dealkylation sites (N-methyl/N-ethyl adjacent to an activating group) is 1. The van der Waals surface area contributed by atoms with Crippen molar-refractivity contribution in [1.29, 1.82) is 0 Å². The van der Waals surface area contributed by atoms with Crippen LogP contribution in [0.3, 0.4) is 0 Å². The van der Waals surface area contributed by atoms with Crippen molar-refractivity contribution < 1.29 is 24.6 Å². The summed E-state index contributed by atoms with van der Waals surface area (Å²) in [7, 11) is 4.11. The molecule has 196 valence electrons. The summed E-state index contributed by atoms with van der Waals surface area (Å²) in [4.78, 5) is 43.9. The molecule has 3 saturated heterocycles. The Labute approximate surface area is 211 Å². The Balaban J connectivity index is 1.31. The number of carboxylic acid groups (broad SMARTS) is 1. The molecule has 0 aromatic carbocycles. The van der Waals surface area contributed by atoms with Crippen LogP contribution in [0.5, 0.6) is 0 Å². The third kappa shape index (κ3) is 5.24. The number of aliphatic hydroxyl groups is 1. The number of rotatable bonds is 10. The van der Waals surface area contributed by atoms with E-state index in [9.17, 15) is 24.6 Å². The highest BCUT2D eigenvalue weighted by molar-refractivity contribution is 8.03. The van der Waals surface area contributed by atoms with E-state index >= 15 is 0 Å². The van der Waals surface area contributed by atoms with Gasteiger partial charge in [0.2, 0.25) is 11.8 Å². The molecule has 0 saturated carbocycles. The smallest absolute Gasteiger partial charge is 0.353 e. The predicted molar refractivity (Wildman–Crippen MR) is 134 cm³/mol. The average Bonchev–Trinajstić information content (AvgIpc) is 3.49. The number of nitrogens with one attached hydrogen (secondary N) is 2. The van der Waals surface area contributed by atoms with Gasteiger partial charge in [0.15, 0.2) is 0 Å². The van der Waals surface area contributed by atoms with Gasteiger partial charge in [-0.2, -0.15) is 0 Å². The Hall–Kier alpha value is -1.66. The minimum Gasteiger partial charge on any atom is -0.477 e. The minimum absolute atomic E-state index is 0.0494. The summed E-state index contributed by atoms with van der Waals surface area (Å²) in [6, 6.07) is -0.571. The molecule has 0 aromatic heterocycles. The number of hydrogen-bond acceptors (Lipinski definition) is 8. The maximum atomic E-state index is 13.1. The summed E-state index contributed by atoms with van der Waals surface area (Å²) in [5, 5.41) is 26.8. The van der Waals surface area contributed by atoms with Crippen LogP contribution in [0.2, 0.25) is 0 Å². The van der Waals surface area contributed by atoms with Crippen molar-refractivity contribution in [3.63, 3.8) is 0 Å². The average molecular weight is 510 g/mol. The zero-order chi connectivity index (χ0) is 25.4. The number of nitrogens with zero attached hydrogens (tertiary/aromatic N) is 3. The second-order valence-electron chi connectivity index (χ2n) is 10.7. The van der Waals surface area contributed by atoms with Crippen LogP contribution >= 0.6 is 11.8 Å². The highest BCUT2D eigenvalue weighted by Gasteiger charge is 2.60. The molecule has 0 bridgehead atoms. The first-order valence-corrected chi connectivity index (χ1v) is 13.5. The van der Waals surface area contributed by atoms with Gasteiger partial charge >= 0.3 is 5.97 Å². The van der Waals surface area contributed by atoms with Gasteiger partial charge in [0.1, 0.15) is 5.70 Å². The molecule has 2 amide bonds. The van der Waals surface area contributed by atoms with Gasteiger partial charge < -0.3 is 35.5 Å². The molecule has 10 nitrogen and oxygen atoms in total. The number of carboxylic acids is 1. The monoisotopic (exact) mass is 509 g/mol. The minimum atomic E-state index is -1.11. The number of aliphatic hydroxyl groups excluding tert-OH is 1. The number of thioether (sulfide) groups is 1. The zero-order valence-corrected chi connectivity index (χ0v) is 21.9. The largest absolute Gasteiger partial charge is 0.477 e. The molecule has 11 heteroatoms. The molecule has 0 spiro atoms. The summed E-state index contributed by atoms with van der Waals surface area (Å²) in [5.41, 5.74) is 0.0494. The summed E-state index contributed by atoms with van der Waals surface area (Å²) >= 11 is 1.48. The first kappa shape index (κ1) is 26.4. The van der Waals surface area contributed by atoms with Crippen molar-refractivity contribution in [2.45, 2.75) is 50.1 Å². The molecule has 4 rings (SSSR count). The molecule has 4 aliphatic heterocycles. The molecule has 0 radical (unpaired) electrons. The van der Waals surface area contributed by atoms with E-state index in [4.69, 9.17) is 0 Å². The molecule has 35 heavy (non-hydrogen) atoms. The second kappa shape index (κ2) is 10.8. The molecule has 0 aromatic rings. The standard InChI is InChI=1S/C24H39N5O5S/c1-13-19-18(14(2)30)23(32)29(19)20(24(33)34)21(13)35-16-9-17(26-11-16)22(31)28-7-5-15(12-28)10-25-6-8-27(3)4/h13-19,25-26,30H,5-12H2,1-4H3,(H,33,34)/t13-,14-,15-,16+,17+,18-,19-/m1/s1. The van der Waals surface area contributed by atoms with E-state index in [-0.39, 0.29) is 40.8 Å². The van der Waals surface area contributed by atoms with E-state index in [1.54, 1.807) is 6.92 Å². The summed E-state index contributed by atoms with van der Waals surface area (Å²) in [6.45, 7) is 8.53. The van der Waals surface area contributed by atoms with Crippen molar-refractivity contribution in [1.82, 2.24) is 25.3 Å². The van der Waals surface area contributed by atoms with E-state index in [1.165, 1.54) is 16.7 Å². The van der Waals surface area contributed by atoms with Crippen LogP contribution in [0.1, 0.15) is 26.7 Å². The van der Waals surface area contributed by atoms with Crippen molar-refractivity contribution in [3.8, 4) is 0 Å². The lowest BCUT2D eigenvalue weighted by Gasteiger charge is -2.46. The number of hydrogen-bond donors (Lipinski definition) is 4. The van der Waals surface area contributed by atoms with Gasteiger partial charge in [-0.1, -0.05) is 6.92 Å². The number of fused-ring (bicyclic) bond motifs is 1. The normalized spacial score (nSPS) is 33.5.